The molecule has 2 amide bonds. The van der Waals surface area contributed by atoms with Crippen LogP contribution in [0.15, 0.2) is 54.6 Å². The molecule has 3 rings (SSSR count). The highest BCUT2D eigenvalue weighted by molar-refractivity contribution is 6.01. The van der Waals surface area contributed by atoms with Gasteiger partial charge in [0.2, 0.25) is 5.91 Å². The van der Waals surface area contributed by atoms with E-state index in [1.54, 1.807) is 23.1 Å². The van der Waals surface area contributed by atoms with Crippen LogP contribution in [-0.2, 0) is 4.79 Å². The third-order valence-corrected chi connectivity index (χ3v) is 4.34. The Kier molecular flexibility index (Phi) is 5.86. The maximum absolute atomic E-state index is 12.8. The van der Waals surface area contributed by atoms with Gasteiger partial charge in [-0.15, -0.1) is 0 Å². The molecule has 6 heteroatoms. The van der Waals surface area contributed by atoms with E-state index < -0.39 is 6.10 Å². The minimum Gasteiger partial charge on any atom is -0.391 e. The van der Waals surface area contributed by atoms with Gasteiger partial charge in [0.1, 0.15) is 0 Å². The lowest BCUT2D eigenvalue weighted by Gasteiger charge is -2.30. The van der Waals surface area contributed by atoms with E-state index in [-0.39, 0.29) is 18.4 Å². The molecule has 3 N–H and O–H groups in total. The maximum Gasteiger partial charge on any atom is 0.256 e. The number of β-amino-alcohol motifs (C(OH)–C–C–N with tert-alkyl or cyclic N) is 1. The molecule has 0 saturated carbocycles. The number of carbonyl (C=O) groups excluding carboxylic acids is 2. The van der Waals surface area contributed by atoms with Crippen molar-refractivity contribution < 1.29 is 14.7 Å². The van der Waals surface area contributed by atoms with E-state index in [1.165, 1.54) is 0 Å². The van der Waals surface area contributed by atoms with Crippen molar-refractivity contribution in [3.63, 3.8) is 0 Å². The van der Waals surface area contributed by atoms with E-state index in [9.17, 15) is 14.7 Å². The molecule has 0 spiro atoms. The minimum absolute atomic E-state index is 0.0574. The van der Waals surface area contributed by atoms with Gasteiger partial charge in [0.25, 0.3) is 5.91 Å². The van der Waals surface area contributed by atoms with Gasteiger partial charge < -0.3 is 20.6 Å². The largest absolute Gasteiger partial charge is 0.391 e. The molecule has 1 atom stereocenters. The fourth-order valence-electron chi connectivity index (χ4n) is 3.04. The molecule has 2 aromatic rings. The van der Waals surface area contributed by atoms with E-state index in [2.05, 4.69) is 10.6 Å². The Morgan fingerprint density at radius 2 is 1.81 bits per heavy atom. The molecule has 1 heterocycles. The van der Waals surface area contributed by atoms with Crippen LogP contribution in [0.2, 0.25) is 0 Å². The summed E-state index contributed by atoms with van der Waals surface area (Å²) < 4.78 is 0. The second kappa shape index (κ2) is 8.49. The lowest BCUT2D eigenvalue weighted by molar-refractivity contribution is -0.114. The Morgan fingerprint density at radius 3 is 2.58 bits per heavy atom. The zero-order valence-electron chi connectivity index (χ0n) is 14.5. The third kappa shape index (κ3) is 4.61. The van der Waals surface area contributed by atoms with Gasteiger partial charge in [-0.25, -0.2) is 0 Å². The topological polar surface area (TPSA) is 81.7 Å². The van der Waals surface area contributed by atoms with Crippen molar-refractivity contribution in [2.24, 2.45) is 0 Å². The minimum atomic E-state index is -0.468. The van der Waals surface area contributed by atoms with E-state index >= 15 is 0 Å². The summed E-state index contributed by atoms with van der Waals surface area (Å²) in [6.07, 6.45) is 1.05. The highest BCUT2D eigenvalue weighted by Gasteiger charge is 2.24. The number of aliphatic hydroxyl groups excluding tert-OH is 1. The van der Waals surface area contributed by atoms with Crippen LogP contribution in [-0.4, -0.2) is 47.6 Å². The number of aliphatic hydroxyl groups is 1. The fraction of sp³-hybridized carbons (Fsp3) is 0.300. The summed E-state index contributed by atoms with van der Waals surface area (Å²) in [5, 5.41) is 15.6. The number of nitrogens with one attached hydrogen (secondary N) is 2. The molecule has 1 unspecified atom stereocenters. The number of carbonyl (C=O) groups is 2. The summed E-state index contributed by atoms with van der Waals surface area (Å²) in [5.41, 5.74) is 1.85. The van der Waals surface area contributed by atoms with Gasteiger partial charge in [-0.05, 0) is 37.1 Å². The second-order valence-corrected chi connectivity index (χ2v) is 6.36. The number of likely N-dealkylation sites (tertiary alicyclic amines) is 1. The molecule has 2 aromatic carbocycles. The van der Waals surface area contributed by atoms with Gasteiger partial charge in [-0.2, -0.15) is 0 Å². The van der Waals surface area contributed by atoms with Crippen LogP contribution < -0.4 is 10.6 Å². The standard InChI is InChI=1S/C20H23N3O3/c24-16-9-6-12-23(14-16)20(26)17-10-4-5-11-18(17)21-13-19(25)22-15-7-2-1-3-8-15/h1-5,7-8,10-11,16,21,24H,6,9,12-14H2,(H,22,25). The monoisotopic (exact) mass is 353 g/mol. The summed E-state index contributed by atoms with van der Waals surface area (Å²) in [4.78, 5) is 26.6. The molecular weight excluding hydrogens is 330 g/mol. The van der Waals surface area contributed by atoms with Crippen molar-refractivity contribution in [2.75, 3.05) is 30.3 Å². The molecule has 136 valence electrons. The van der Waals surface area contributed by atoms with E-state index in [1.807, 2.05) is 36.4 Å². The predicted octanol–water partition coefficient (Wildman–Crippen LogP) is 2.33. The van der Waals surface area contributed by atoms with Crippen molar-refractivity contribution in [1.29, 1.82) is 0 Å². The molecule has 6 nitrogen and oxygen atoms in total. The highest BCUT2D eigenvalue weighted by atomic mass is 16.3. The van der Waals surface area contributed by atoms with Gasteiger partial charge >= 0.3 is 0 Å². The Morgan fingerprint density at radius 1 is 1.08 bits per heavy atom. The van der Waals surface area contributed by atoms with Crippen LogP contribution in [0, 0.1) is 0 Å². The first-order valence-corrected chi connectivity index (χ1v) is 8.78. The lowest BCUT2D eigenvalue weighted by atomic mass is 10.1. The Hall–Kier alpha value is -2.86. The van der Waals surface area contributed by atoms with Crippen LogP contribution in [0.3, 0.4) is 0 Å². The average molecular weight is 353 g/mol. The molecule has 0 aliphatic carbocycles. The number of hydrogen-bond donors (Lipinski definition) is 3. The molecule has 26 heavy (non-hydrogen) atoms. The van der Waals surface area contributed by atoms with Crippen LogP contribution in [0.5, 0.6) is 0 Å². The number of piperidine rings is 1. The number of benzene rings is 2. The molecule has 1 aliphatic heterocycles. The van der Waals surface area contributed by atoms with E-state index in [0.29, 0.717) is 24.3 Å². The maximum atomic E-state index is 12.8. The summed E-state index contributed by atoms with van der Waals surface area (Å²) >= 11 is 0. The molecule has 0 bridgehead atoms. The third-order valence-electron chi connectivity index (χ3n) is 4.34. The first-order valence-electron chi connectivity index (χ1n) is 8.78. The first kappa shape index (κ1) is 17.9. The highest BCUT2D eigenvalue weighted by Crippen LogP contribution is 2.20. The van der Waals surface area contributed by atoms with Crippen molar-refractivity contribution in [3.8, 4) is 0 Å². The Balaban J connectivity index is 1.63. The normalized spacial score (nSPS) is 16.8. The van der Waals surface area contributed by atoms with Gasteiger partial charge in [0.15, 0.2) is 0 Å². The second-order valence-electron chi connectivity index (χ2n) is 6.36. The van der Waals surface area contributed by atoms with Gasteiger partial charge in [0.05, 0.1) is 18.2 Å². The number of amides is 2. The Bertz CT molecular complexity index is 764. The SMILES string of the molecule is O=C(CNc1ccccc1C(=O)N1CCCC(O)C1)Nc1ccccc1. The lowest BCUT2D eigenvalue weighted by Crippen LogP contribution is -2.42. The first-order chi connectivity index (χ1) is 12.6. The van der Waals surface area contributed by atoms with Crippen molar-refractivity contribution in [3.05, 3.63) is 60.2 Å². The number of hydrogen-bond acceptors (Lipinski definition) is 4. The quantitative estimate of drug-likeness (QED) is 0.771. The van der Waals surface area contributed by atoms with Gasteiger partial charge in [-0.1, -0.05) is 30.3 Å². The van der Waals surface area contributed by atoms with Crippen molar-refractivity contribution in [2.45, 2.75) is 18.9 Å². The zero-order valence-corrected chi connectivity index (χ0v) is 14.5. The summed E-state index contributed by atoms with van der Waals surface area (Å²) in [6.45, 7) is 1.04. The Labute approximate surface area is 152 Å². The number of para-hydroxylation sites is 2. The van der Waals surface area contributed by atoms with Crippen molar-refractivity contribution in [1.82, 2.24) is 4.90 Å². The number of nitrogens with zero attached hydrogens (tertiary/aromatic N) is 1. The van der Waals surface area contributed by atoms with E-state index in [4.69, 9.17) is 0 Å². The molecule has 0 radical (unpaired) electrons. The number of rotatable bonds is 5. The summed E-state index contributed by atoms with van der Waals surface area (Å²) in [5.74, 6) is -0.317. The van der Waals surface area contributed by atoms with Crippen LogP contribution in [0.1, 0.15) is 23.2 Å². The number of anilines is 2. The molecule has 1 aliphatic rings. The van der Waals surface area contributed by atoms with Crippen molar-refractivity contribution >= 4 is 23.2 Å². The van der Waals surface area contributed by atoms with Crippen LogP contribution >= 0.6 is 0 Å². The fourth-order valence-corrected chi connectivity index (χ4v) is 3.04. The van der Waals surface area contributed by atoms with Crippen LogP contribution in [0.4, 0.5) is 11.4 Å². The summed E-state index contributed by atoms with van der Waals surface area (Å²) in [6, 6.07) is 16.3. The van der Waals surface area contributed by atoms with Gasteiger partial charge in [-0.3, -0.25) is 9.59 Å². The predicted molar refractivity (Wildman–Crippen MR) is 101 cm³/mol. The molecule has 1 saturated heterocycles. The summed E-state index contributed by atoms with van der Waals surface area (Å²) in [7, 11) is 0. The van der Waals surface area contributed by atoms with Crippen LogP contribution in [0.25, 0.3) is 0 Å². The van der Waals surface area contributed by atoms with Gasteiger partial charge in [0, 0.05) is 24.5 Å². The zero-order chi connectivity index (χ0) is 18.4. The van der Waals surface area contributed by atoms with E-state index in [0.717, 1.165) is 18.5 Å². The molecule has 0 aromatic heterocycles. The molecular formula is C20H23N3O3. The smallest absolute Gasteiger partial charge is 0.256 e. The average Bonchev–Trinajstić information content (AvgIpc) is 2.67. The molecule has 1 fully saturated rings.